The predicted octanol–water partition coefficient (Wildman–Crippen LogP) is 18.1. The van der Waals surface area contributed by atoms with E-state index in [0.717, 1.165) is 105 Å². The van der Waals surface area contributed by atoms with Crippen molar-refractivity contribution in [2.75, 3.05) is 14.7 Å². The lowest BCUT2D eigenvalue weighted by Gasteiger charge is -2.30. The molecule has 0 aliphatic carbocycles. The Morgan fingerprint density at radius 2 is 0.700 bits per heavy atom. The average Bonchev–Trinajstić information content (AvgIpc) is 4.17. The molecule has 0 amide bonds. The Labute approximate surface area is 408 Å². The summed E-state index contributed by atoms with van der Waals surface area (Å²) in [5.41, 5.74) is 14.4. The van der Waals surface area contributed by atoms with Crippen molar-refractivity contribution in [3.05, 3.63) is 249 Å². The van der Waals surface area contributed by atoms with Gasteiger partial charge in [0.25, 0.3) is 0 Å². The monoisotopic (exact) mass is 919 g/mol. The fraction of sp³-hybridized carbons (Fsp3) is 0. The summed E-state index contributed by atoms with van der Waals surface area (Å²) in [5, 5.41) is 2.31. The number of para-hydroxylation sites is 8. The largest absolute Gasteiger partial charge is 0.436 e. The molecule has 0 saturated heterocycles. The van der Waals surface area contributed by atoms with Gasteiger partial charge < -0.3 is 23.5 Å². The van der Waals surface area contributed by atoms with Crippen LogP contribution in [0, 0.1) is 0 Å². The molecule has 7 nitrogen and oxygen atoms in total. The Hall–Kier alpha value is -9.24. The molecule has 3 aromatic heterocycles. The summed E-state index contributed by atoms with van der Waals surface area (Å²) in [6.07, 6.45) is 0. The van der Waals surface area contributed by atoms with Crippen LogP contribution in [0.4, 0.5) is 51.2 Å². The topological polar surface area (TPSA) is 61.8 Å². The molecule has 0 aliphatic heterocycles. The van der Waals surface area contributed by atoms with Gasteiger partial charge in [0, 0.05) is 61.7 Å². The van der Waals surface area contributed by atoms with Crippen molar-refractivity contribution < 1.29 is 8.83 Å². The Kier molecular flexibility index (Phi) is 10.2. The van der Waals surface area contributed by atoms with Gasteiger partial charge in [0.15, 0.2) is 11.2 Å². The third-order valence-corrected chi connectivity index (χ3v) is 13.9. The molecule has 13 aromatic rings. The van der Waals surface area contributed by atoms with E-state index in [1.165, 1.54) is 0 Å². The van der Waals surface area contributed by atoms with E-state index in [1.807, 2.05) is 59.9 Å². The maximum absolute atomic E-state index is 6.23. The van der Waals surface area contributed by atoms with Crippen molar-refractivity contribution in [3.8, 4) is 22.9 Å². The smallest absolute Gasteiger partial charge is 0.227 e. The Balaban J connectivity index is 1.03. The number of thiophene rings is 1. The second kappa shape index (κ2) is 17.4. The summed E-state index contributed by atoms with van der Waals surface area (Å²) in [7, 11) is 0. The minimum atomic E-state index is 0.589. The first-order chi connectivity index (χ1) is 34.7. The van der Waals surface area contributed by atoms with E-state index in [2.05, 4.69) is 215 Å². The lowest BCUT2D eigenvalue weighted by atomic mass is 10.1. The molecule has 0 bridgehead atoms. The van der Waals surface area contributed by atoms with Crippen LogP contribution in [0.1, 0.15) is 0 Å². The quantitative estimate of drug-likeness (QED) is 0.128. The van der Waals surface area contributed by atoms with Gasteiger partial charge in [-0.25, -0.2) is 9.97 Å². The van der Waals surface area contributed by atoms with Gasteiger partial charge in [-0.2, -0.15) is 0 Å². The Morgan fingerprint density at radius 1 is 0.300 bits per heavy atom. The maximum Gasteiger partial charge on any atom is 0.227 e. The summed E-state index contributed by atoms with van der Waals surface area (Å²) in [4.78, 5) is 16.7. The van der Waals surface area contributed by atoms with E-state index in [0.29, 0.717) is 11.8 Å². The van der Waals surface area contributed by atoms with Crippen LogP contribution in [0.15, 0.2) is 258 Å². The minimum absolute atomic E-state index is 0.589. The molecule has 332 valence electrons. The van der Waals surface area contributed by atoms with Crippen LogP contribution < -0.4 is 14.7 Å². The van der Waals surface area contributed by atoms with E-state index >= 15 is 0 Å². The van der Waals surface area contributed by atoms with E-state index < -0.39 is 0 Å². The molecule has 0 atom stereocenters. The van der Waals surface area contributed by atoms with Gasteiger partial charge in [0.05, 0.1) is 20.8 Å². The Bertz CT molecular complexity index is 3840. The van der Waals surface area contributed by atoms with Crippen molar-refractivity contribution in [1.82, 2.24) is 9.97 Å². The lowest BCUT2D eigenvalue weighted by molar-refractivity contribution is 0.619. The number of fused-ring (bicyclic) bond motifs is 5. The van der Waals surface area contributed by atoms with E-state index in [9.17, 15) is 0 Å². The number of anilines is 9. The van der Waals surface area contributed by atoms with Crippen molar-refractivity contribution >= 4 is 105 Å². The molecule has 0 spiro atoms. The van der Waals surface area contributed by atoms with Crippen LogP contribution in [0.5, 0.6) is 0 Å². The predicted molar refractivity (Wildman–Crippen MR) is 289 cm³/mol. The van der Waals surface area contributed by atoms with E-state index in [1.54, 1.807) is 0 Å². The molecule has 0 saturated carbocycles. The molecule has 13 rings (SSSR count). The molecule has 0 N–H and O–H groups in total. The maximum atomic E-state index is 6.23. The number of hydrogen-bond donors (Lipinski definition) is 0. The van der Waals surface area contributed by atoms with Gasteiger partial charge in [0.1, 0.15) is 11.0 Å². The van der Waals surface area contributed by atoms with Gasteiger partial charge in [-0.05, 0) is 140 Å². The first kappa shape index (κ1) is 41.0. The Morgan fingerprint density at radius 3 is 1.17 bits per heavy atom. The van der Waals surface area contributed by atoms with Crippen molar-refractivity contribution in [3.63, 3.8) is 0 Å². The van der Waals surface area contributed by atoms with Crippen molar-refractivity contribution in [2.24, 2.45) is 0 Å². The summed E-state index contributed by atoms with van der Waals surface area (Å²) in [5.74, 6) is 1.18. The molecule has 0 unspecified atom stereocenters. The molecule has 0 fully saturated rings. The van der Waals surface area contributed by atoms with Gasteiger partial charge in [-0.15, -0.1) is 11.3 Å². The number of aromatic nitrogens is 2. The van der Waals surface area contributed by atoms with Gasteiger partial charge >= 0.3 is 0 Å². The minimum Gasteiger partial charge on any atom is -0.436 e. The number of rotatable bonds is 11. The highest BCUT2D eigenvalue weighted by atomic mass is 32.1. The van der Waals surface area contributed by atoms with Gasteiger partial charge in [-0.3, -0.25) is 0 Å². The van der Waals surface area contributed by atoms with Crippen LogP contribution in [-0.2, 0) is 0 Å². The molecule has 3 heterocycles. The first-order valence-corrected chi connectivity index (χ1v) is 24.0. The lowest BCUT2D eigenvalue weighted by Crippen LogP contribution is -2.13. The van der Waals surface area contributed by atoms with Gasteiger partial charge in [0.2, 0.25) is 11.8 Å². The SMILES string of the molecule is c1ccc(N(c2ccccc2)c2cc(N(c3ccccc3)c3ccc(-c4nc5ccccc5o4)cc3)c3sc4c(N(c5ccccc5)c5ccc(-c6nc7ccccc7o6)cc5)cccc4c3c2)cc1. The van der Waals surface area contributed by atoms with Crippen molar-refractivity contribution in [2.45, 2.75) is 0 Å². The zero-order chi connectivity index (χ0) is 46.4. The molecule has 0 aliphatic rings. The van der Waals surface area contributed by atoms with E-state index in [-0.39, 0.29) is 0 Å². The normalized spacial score (nSPS) is 11.4. The van der Waals surface area contributed by atoms with Gasteiger partial charge in [-0.1, -0.05) is 109 Å². The highest BCUT2D eigenvalue weighted by Gasteiger charge is 2.25. The third kappa shape index (κ3) is 7.40. The first-order valence-electron chi connectivity index (χ1n) is 23.2. The molecular formula is C62H41N5O2S. The van der Waals surface area contributed by atoms with Crippen LogP contribution in [0.25, 0.3) is 65.3 Å². The molecule has 70 heavy (non-hydrogen) atoms. The fourth-order valence-electron chi connectivity index (χ4n) is 9.43. The second-order valence-corrected chi connectivity index (χ2v) is 18.0. The molecule has 10 aromatic carbocycles. The third-order valence-electron chi connectivity index (χ3n) is 12.7. The van der Waals surface area contributed by atoms with Crippen LogP contribution >= 0.6 is 11.3 Å². The summed E-state index contributed by atoms with van der Waals surface area (Å²) >= 11 is 1.82. The van der Waals surface area contributed by atoms with Crippen LogP contribution in [-0.4, -0.2) is 9.97 Å². The number of oxazole rings is 2. The number of hydrogen-bond acceptors (Lipinski definition) is 8. The fourth-order valence-corrected chi connectivity index (χ4v) is 10.7. The van der Waals surface area contributed by atoms with Crippen molar-refractivity contribution in [1.29, 1.82) is 0 Å². The van der Waals surface area contributed by atoms with E-state index in [4.69, 9.17) is 18.8 Å². The highest BCUT2D eigenvalue weighted by Crippen LogP contribution is 2.52. The average molecular weight is 920 g/mol. The zero-order valence-corrected chi connectivity index (χ0v) is 38.4. The number of nitrogens with zero attached hydrogens (tertiary/aromatic N) is 5. The highest BCUT2D eigenvalue weighted by molar-refractivity contribution is 7.27. The standard InChI is InChI=1S/C62H41N5O2S/c1-5-18-44(19-6-1)65(45-20-7-2-8-21-45)50-40-52-51-26-17-29-55(66(46-22-9-3-10-23-46)48-36-32-42(33-37-48)61-63-53-27-13-15-30-57(53)68-61)59(51)70-60(52)56(41-50)67(47-24-11-4-12-25-47)49-38-34-43(35-39-49)62-64-54-28-14-16-31-58(54)69-62/h1-41H. The second-order valence-electron chi connectivity index (χ2n) is 17.0. The summed E-state index contributed by atoms with van der Waals surface area (Å²) in [6.45, 7) is 0. The summed E-state index contributed by atoms with van der Waals surface area (Å²) < 4.78 is 14.7. The molecule has 8 heteroatoms. The van der Waals surface area contributed by atoms with Crippen LogP contribution in [0.3, 0.4) is 0 Å². The van der Waals surface area contributed by atoms with Crippen LogP contribution in [0.2, 0.25) is 0 Å². The molecule has 0 radical (unpaired) electrons. The summed E-state index contributed by atoms with van der Waals surface area (Å²) in [6, 6.07) is 86.7. The molecular weight excluding hydrogens is 879 g/mol. The number of benzene rings is 10. The zero-order valence-electron chi connectivity index (χ0n) is 37.6.